The molecule has 1 saturated heterocycles. The lowest BCUT2D eigenvalue weighted by Gasteiger charge is -2.08. The van der Waals surface area contributed by atoms with E-state index in [1.807, 2.05) is 31.2 Å². The topological polar surface area (TPSA) is 93.2 Å². The van der Waals surface area contributed by atoms with Crippen LogP contribution in [0.15, 0.2) is 24.3 Å². The lowest BCUT2D eigenvalue weighted by atomic mass is 10.2. The number of carbonyl (C=O) groups excluding carboxylic acids is 2. The highest BCUT2D eigenvalue weighted by Crippen LogP contribution is 2.15. The number of hydrogen-bond donors (Lipinski definition) is 2. The molecule has 2 heterocycles. The number of carbonyl (C=O) groups is 2. The summed E-state index contributed by atoms with van der Waals surface area (Å²) < 4.78 is 5.45. The number of anilines is 1. The van der Waals surface area contributed by atoms with Gasteiger partial charge >= 0.3 is 0 Å². The number of nitrogens with zero attached hydrogens (tertiary/aromatic N) is 2. The van der Waals surface area contributed by atoms with Crippen LogP contribution in [0, 0.1) is 6.92 Å². The highest BCUT2D eigenvalue weighted by atomic mass is 32.1. The molecule has 1 aliphatic heterocycles. The van der Waals surface area contributed by atoms with Crippen molar-refractivity contribution in [1.82, 2.24) is 15.5 Å². The van der Waals surface area contributed by atoms with Gasteiger partial charge in [-0.05, 0) is 31.9 Å². The second kappa shape index (κ2) is 7.50. The van der Waals surface area contributed by atoms with Crippen molar-refractivity contribution in [1.29, 1.82) is 0 Å². The van der Waals surface area contributed by atoms with Crippen LogP contribution in [0.1, 0.15) is 38.0 Å². The first-order chi connectivity index (χ1) is 11.6. The molecule has 2 N–H and O–H groups in total. The number of amides is 2. The van der Waals surface area contributed by atoms with Crippen molar-refractivity contribution in [2.45, 2.75) is 25.9 Å². The van der Waals surface area contributed by atoms with Crippen molar-refractivity contribution >= 4 is 28.8 Å². The monoisotopic (exact) mass is 346 g/mol. The number of aryl methyl sites for hydroxylation is 1. The molecule has 1 aromatic heterocycles. The van der Waals surface area contributed by atoms with E-state index in [4.69, 9.17) is 4.74 Å². The van der Waals surface area contributed by atoms with Gasteiger partial charge in [0.25, 0.3) is 11.8 Å². The van der Waals surface area contributed by atoms with Crippen LogP contribution in [0.25, 0.3) is 0 Å². The number of rotatable bonds is 5. The third-order valence-electron chi connectivity index (χ3n) is 3.64. The quantitative estimate of drug-likeness (QED) is 0.864. The normalized spacial score (nSPS) is 16.8. The van der Waals surface area contributed by atoms with Gasteiger partial charge < -0.3 is 15.4 Å². The number of hydrogen-bond acceptors (Lipinski definition) is 6. The van der Waals surface area contributed by atoms with E-state index in [2.05, 4.69) is 20.8 Å². The standard InChI is InChI=1S/C16H18N4O3S/c1-10-4-6-11(7-5-10)18-14(22)16-20-19-15(24-16)13(21)17-9-12-3-2-8-23-12/h4-7,12H,2-3,8-9H2,1H3,(H,17,21)(H,18,22). The summed E-state index contributed by atoms with van der Waals surface area (Å²) in [6.45, 7) is 3.16. The number of benzene rings is 1. The highest BCUT2D eigenvalue weighted by molar-refractivity contribution is 7.15. The van der Waals surface area contributed by atoms with Gasteiger partial charge in [-0.2, -0.15) is 0 Å². The maximum absolute atomic E-state index is 12.1. The number of aromatic nitrogens is 2. The summed E-state index contributed by atoms with van der Waals surface area (Å²) >= 11 is 0.967. The minimum atomic E-state index is -0.380. The Morgan fingerprint density at radius 1 is 1.21 bits per heavy atom. The molecule has 1 aliphatic rings. The van der Waals surface area contributed by atoms with Crippen LogP contribution < -0.4 is 10.6 Å². The third-order valence-corrected chi connectivity index (χ3v) is 4.56. The lowest BCUT2D eigenvalue weighted by Crippen LogP contribution is -2.31. The van der Waals surface area contributed by atoms with E-state index in [0.29, 0.717) is 12.2 Å². The van der Waals surface area contributed by atoms with E-state index in [-0.39, 0.29) is 27.9 Å². The van der Waals surface area contributed by atoms with Crippen molar-refractivity contribution in [2.75, 3.05) is 18.5 Å². The maximum Gasteiger partial charge on any atom is 0.286 e. The summed E-state index contributed by atoms with van der Waals surface area (Å²) in [5, 5.41) is 13.4. The van der Waals surface area contributed by atoms with Crippen LogP contribution in [0.4, 0.5) is 5.69 Å². The molecular formula is C16H18N4O3S. The predicted molar refractivity (Wildman–Crippen MR) is 90.3 cm³/mol. The van der Waals surface area contributed by atoms with Gasteiger partial charge in [-0.15, -0.1) is 10.2 Å². The van der Waals surface area contributed by atoms with Gasteiger partial charge in [-0.25, -0.2) is 0 Å². The van der Waals surface area contributed by atoms with Crippen molar-refractivity contribution in [3.63, 3.8) is 0 Å². The van der Waals surface area contributed by atoms with Crippen molar-refractivity contribution in [3.8, 4) is 0 Å². The highest BCUT2D eigenvalue weighted by Gasteiger charge is 2.20. The summed E-state index contributed by atoms with van der Waals surface area (Å²) in [7, 11) is 0. The molecular weight excluding hydrogens is 328 g/mol. The van der Waals surface area contributed by atoms with Gasteiger partial charge in [-0.3, -0.25) is 9.59 Å². The van der Waals surface area contributed by atoms with E-state index in [1.165, 1.54) is 0 Å². The lowest BCUT2D eigenvalue weighted by molar-refractivity contribution is 0.0856. The first-order valence-electron chi connectivity index (χ1n) is 7.73. The van der Waals surface area contributed by atoms with E-state index in [1.54, 1.807) is 0 Å². The average Bonchev–Trinajstić information content (AvgIpc) is 3.26. The fourth-order valence-corrected chi connectivity index (χ4v) is 2.97. The minimum Gasteiger partial charge on any atom is -0.376 e. The molecule has 7 nitrogen and oxygen atoms in total. The first kappa shape index (κ1) is 16.5. The minimum absolute atomic E-state index is 0.0613. The molecule has 1 aromatic carbocycles. The predicted octanol–water partition coefficient (Wildman–Crippen LogP) is 2.01. The van der Waals surface area contributed by atoms with E-state index >= 15 is 0 Å². The van der Waals surface area contributed by atoms with Gasteiger partial charge in [-0.1, -0.05) is 29.0 Å². The fraction of sp³-hybridized carbons (Fsp3) is 0.375. The molecule has 2 aromatic rings. The van der Waals surface area contributed by atoms with E-state index in [0.717, 1.165) is 36.3 Å². The second-order valence-electron chi connectivity index (χ2n) is 5.58. The smallest absolute Gasteiger partial charge is 0.286 e. The Morgan fingerprint density at radius 3 is 2.58 bits per heavy atom. The van der Waals surface area contributed by atoms with Crippen LogP contribution in [-0.4, -0.2) is 41.3 Å². The largest absolute Gasteiger partial charge is 0.376 e. The van der Waals surface area contributed by atoms with Crippen molar-refractivity contribution in [2.24, 2.45) is 0 Å². The van der Waals surface area contributed by atoms with Crippen LogP contribution in [0.3, 0.4) is 0 Å². The van der Waals surface area contributed by atoms with E-state index < -0.39 is 0 Å². The molecule has 0 aliphatic carbocycles. The van der Waals surface area contributed by atoms with Crippen LogP contribution >= 0.6 is 11.3 Å². The zero-order chi connectivity index (χ0) is 16.9. The molecule has 0 saturated carbocycles. The third kappa shape index (κ3) is 4.15. The van der Waals surface area contributed by atoms with Crippen molar-refractivity contribution < 1.29 is 14.3 Å². The summed E-state index contributed by atoms with van der Waals surface area (Å²) in [5.41, 5.74) is 1.78. The van der Waals surface area contributed by atoms with Gasteiger partial charge in [0.05, 0.1) is 6.10 Å². The first-order valence-corrected chi connectivity index (χ1v) is 8.55. The fourth-order valence-electron chi connectivity index (χ4n) is 2.32. The average molecular weight is 346 g/mol. The molecule has 24 heavy (non-hydrogen) atoms. The number of ether oxygens (including phenoxy) is 1. The van der Waals surface area contributed by atoms with Gasteiger partial charge in [0.15, 0.2) is 0 Å². The van der Waals surface area contributed by atoms with Crippen LogP contribution in [-0.2, 0) is 4.74 Å². The Kier molecular flexibility index (Phi) is 5.17. The second-order valence-corrected chi connectivity index (χ2v) is 6.56. The zero-order valence-electron chi connectivity index (χ0n) is 13.2. The Bertz CT molecular complexity index is 723. The summed E-state index contributed by atoms with van der Waals surface area (Å²) in [5.74, 6) is -0.716. The van der Waals surface area contributed by atoms with Gasteiger partial charge in [0.1, 0.15) is 0 Å². The molecule has 3 rings (SSSR count). The molecule has 0 bridgehead atoms. The van der Waals surface area contributed by atoms with Gasteiger partial charge in [0.2, 0.25) is 10.0 Å². The molecule has 126 valence electrons. The van der Waals surface area contributed by atoms with Crippen LogP contribution in [0.2, 0.25) is 0 Å². The molecule has 8 heteroatoms. The Hall–Kier alpha value is -2.32. The maximum atomic E-state index is 12.1. The molecule has 1 fully saturated rings. The van der Waals surface area contributed by atoms with E-state index in [9.17, 15) is 9.59 Å². The molecule has 0 spiro atoms. The van der Waals surface area contributed by atoms with Crippen LogP contribution in [0.5, 0.6) is 0 Å². The summed E-state index contributed by atoms with van der Waals surface area (Å²) in [6, 6.07) is 7.42. The zero-order valence-corrected chi connectivity index (χ0v) is 14.1. The number of nitrogens with one attached hydrogen (secondary N) is 2. The molecule has 1 unspecified atom stereocenters. The van der Waals surface area contributed by atoms with Crippen molar-refractivity contribution in [3.05, 3.63) is 39.8 Å². The molecule has 1 atom stereocenters. The van der Waals surface area contributed by atoms with Gasteiger partial charge in [0, 0.05) is 18.8 Å². The summed E-state index contributed by atoms with van der Waals surface area (Å²) in [4.78, 5) is 24.2. The Morgan fingerprint density at radius 2 is 1.92 bits per heavy atom. The SMILES string of the molecule is Cc1ccc(NC(=O)c2nnc(C(=O)NCC3CCCO3)s2)cc1. The molecule has 2 amide bonds. The Labute approximate surface area is 143 Å². The Balaban J connectivity index is 1.56. The summed E-state index contributed by atoms with van der Waals surface area (Å²) in [6.07, 6.45) is 2.02. The molecule has 0 radical (unpaired) electrons.